The zero-order chi connectivity index (χ0) is 33.0. The zero-order valence-electron chi connectivity index (χ0n) is 27.3. The van der Waals surface area contributed by atoms with Crippen LogP contribution in [0.5, 0.6) is 0 Å². The molecule has 0 bridgehead atoms. The highest BCUT2D eigenvalue weighted by Crippen LogP contribution is 2.43. The van der Waals surface area contributed by atoms with Gasteiger partial charge < -0.3 is 4.90 Å². The summed E-state index contributed by atoms with van der Waals surface area (Å²) >= 11 is 1.87. The molecule has 1 heterocycles. The molecule has 0 aliphatic heterocycles. The summed E-state index contributed by atoms with van der Waals surface area (Å²) in [6.45, 7) is 0. The van der Waals surface area contributed by atoms with Gasteiger partial charge in [0.1, 0.15) is 0 Å². The molecule has 0 fully saturated rings. The van der Waals surface area contributed by atoms with Crippen LogP contribution in [0.4, 0.5) is 17.1 Å². The molecule has 0 saturated heterocycles. The first-order valence-electron chi connectivity index (χ1n) is 17.1. The van der Waals surface area contributed by atoms with Gasteiger partial charge in [0, 0.05) is 37.2 Å². The normalized spacial score (nSPS) is 11.6. The summed E-state index contributed by atoms with van der Waals surface area (Å²) in [4.78, 5) is 2.39. The van der Waals surface area contributed by atoms with E-state index in [-0.39, 0.29) is 0 Å². The topological polar surface area (TPSA) is 3.24 Å². The third-order valence-electron chi connectivity index (χ3n) is 10.0. The van der Waals surface area contributed by atoms with Crippen LogP contribution >= 0.6 is 11.3 Å². The molecular formula is C48H31NS. The minimum absolute atomic E-state index is 1.12. The van der Waals surface area contributed by atoms with E-state index in [0.717, 1.165) is 17.1 Å². The van der Waals surface area contributed by atoms with Crippen molar-refractivity contribution in [2.24, 2.45) is 0 Å². The maximum absolute atomic E-state index is 2.39. The lowest BCUT2D eigenvalue weighted by Gasteiger charge is -2.26. The summed E-state index contributed by atoms with van der Waals surface area (Å²) < 4.78 is 2.61. The number of thiophene rings is 1. The molecule has 10 aromatic rings. The minimum Gasteiger partial charge on any atom is -0.310 e. The van der Waals surface area contributed by atoms with Gasteiger partial charge in [-0.3, -0.25) is 0 Å². The number of hydrogen-bond donors (Lipinski definition) is 0. The number of benzene rings is 9. The lowest BCUT2D eigenvalue weighted by atomic mass is 9.97. The average molecular weight is 654 g/mol. The van der Waals surface area contributed by atoms with Crippen molar-refractivity contribution >= 4 is 80.9 Å². The molecule has 0 unspecified atom stereocenters. The number of nitrogens with zero attached hydrogens (tertiary/aromatic N) is 1. The molecule has 2 heteroatoms. The molecule has 0 aliphatic carbocycles. The van der Waals surface area contributed by atoms with Gasteiger partial charge in [0.2, 0.25) is 0 Å². The molecule has 9 aromatic carbocycles. The van der Waals surface area contributed by atoms with Crippen LogP contribution < -0.4 is 4.90 Å². The standard InChI is InChI=1S/C48H31NS/c1-2-12-37-30-47-46(29-36(37)11-1)45-28-27-40(31-48(45)50-47)49(38-23-19-34(20-24-38)43-17-7-13-32-9-3-5-15-41(32)43)39-25-21-35(22-26-39)44-18-8-14-33-10-4-6-16-42(33)44/h1-31H. The van der Waals surface area contributed by atoms with Gasteiger partial charge in [0.05, 0.1) is 0 Å². The first-order chi connectivity index (χ1) is 24.8. The van der Waals surface area contributed by atoms with Gasteiger partial charge in [-0.25, -0.2) is 0 Å². The first-order valence-corrected chi connectivity index (χ1v) is 17.9. The summed E-state index contributed by atoms with van der Waals surface area (Å²) in [5.41, 5.74) is 8.31. The van der Waals surface area contributed by atoms with Crippen LogP contribution in [0.1, 0.15) is 0 Å². The summed E-state index contributed by atoms with van der Waals surface area (Å²) in [5.74, 6) is 0. The smallest absolute Gasteiger partial charge is 0.0476 e. The quantitative estimate of drug-likeness (QED) is 0.179. The number of anilines is 3. The second kappa shape index (κ2) is 11.7. The predicted molar refractivity (Wildman–Crippen MR) is 217 cm³/mol. The van der Waals surface area contributed by atoms with Gasteiger partial charge in [-0.05, 0) is 103 Å². The van der Waals surface area contributed by atoms with Crippen LogP contribution in [0.25, 0.3) is 74.7 Å². The second-order valence-corrected chi connectivity index (χ2v) is 14.0. The lowest BCUT2D eigenvalue weighted by molar-refractivity contribution is 1.29. The SMILES string of the molecule is c1ccc2cc3c(cc2c1)sc1cc(N(c2ccc(-c4cccc5ccccc45)cc2)c2ccc(-c4cccc5ccccc45)cc2)ccc13. The van der Waals surface area contributed by atoms with Gasteiger partial charge in [0.15, 0.2) is 0 Å². The van der Waals surface area contributed by atoms with Crippen LogP contribution in [0.15, 0.2) is 188 Å². The third-order valence-corrected chi connectivity index (χ3v) is 11.1. The Labute approximate surface area is 294 Å². The molecule has 0 aliphatic rings. The van der Waals surface area contributed by atoms with E-state index in [2.05, 4.69) is 193 Å². The van der Waals surface area contributed by atoms with E-state index in [4.69, 9.17) is 0 Å². The fourth-order valence-corrected chi connectivity index (χ4v) is 8.74. The Morgan fingerprint density at radius 2 is 0.760 bits per heavy atom. The molecule has 0 amide bonds. The fourth-order valence-electron chi connectivity index (χ4n) is 7.57. The van der Waals surface area contributed by atoms with E-state index in [0.29, 0.717) is 0 Å². The van der Waals surface area contributed by atoms with Crippen molar-refractivity contribution in [1.29, 1.82) is 0 Å². The molecule has 10 rings (SSSR count). The molecule has 0 atom stereocenters. The molecular weight excluding hydrogens is 623 g/mol. The van der Waals surface area contributed by atoms with Crippen molar-refractivity contribution in [3.05, 3.63) is 188 Å². The van der Waals surface area contributed by atoms with E-state index in [1.54, 1.807) is 0 Å². The van der Waals surface area contributed by atoms with Crippen molar-refractivity contribution < 1.29 is 0 Å². The molecule has 0 spiro atoms. The Hall–Kier alpha value is -6.22. The molecule has 50 heavy (non-hydrogen) atoms. The van der Waals surface area contributed by atoms with Crippen molar-refractivity contribution in [3.8, 4) is 22.3 Å². The third kappa shape index (κ3) is 4.84. The van der Waals surface area contributed by atoms with Crippen LogP contribution in [-0.4, -0.2) is 0 Å². The highest BCUT2D eigenvalue weighted by atomic mass is 32.1. The van der Waals surface area contributed by atoms with E-state index in [9.17, 15) is 0 Å². The number of hydrogen-bond acceptors (Lipinski definition) is 2. The monoisotopic (exact) mass is 653 g/mol. The van der Waals surface area contributed by atoms with Gasteiger partial charge in [-0.2, -0.15) is 0 Å². The van der Waals surface area contributed by atoms with Crippen LogP contribution in [0.2, 0.25) is 0 Å². The lowest BCUT2D eigenvalue weighted by Crippen LogP contribution is -2.09. The molecule has 1 nitrogen and oxygen atoms in total. The predicted octanol–water partition coefficient (Wildman–Crippen LogP) is 14.3. The summed E-state index contributed by atoms with van der Waals surface area (Å²) in [7, 11) is 0. The van der Waals surface area contributed by atoms with E-state index in [1.165, 1.54) is 74.7 Å². The Balaban J connectivity index is 1.10. The van der Waals surface area contributed by atoms with Crippen molar-refractivity contribution in [2.45, 2.75) is 0 Å². The fraction of sp³-hybridized carbons (Fsp3) is 0. The highest BCUT2D eigenvalue weighted by Gasteiger charge is 2.16. The van der Waals surface area contributed by atoms with E-state index >= 15 is 0 Å². The Kier molecular flexibility index (Phi) is 6.75. The van der Waals surface area contributed by atoms with Gasteiger partial charge >= 0.3 is 0 Å². The second-order valence-electron chi connectivity index (χ2n) is 13.0. The van der Waals surface area contributed by atoms with Crippen molar-refractivity contribution in [1.82, 2.24) is 0 Å². The minimum atomic E-state index is 1.12. The molecule has 0 N–H and O–H groups in total. The molecule has 0 radical (unpaired) electrons. The Bertz CT molecular complexity index is 2730. The number of fused-ring (bicyclic) bond motifs is 6. The van der Waals surface area contributed by atoms with E-state index < -0.39 is 0 Å². The average Bonchev–Trinajstić information content (AvgIpc) is 3.54. The van der Waals surface area contributed by atoms with E-state index in [1.807, 2.05) is 11.3 Å². The van der Waals surface area contributed by atoms with Crippen molar-refractivity contribution in [2.75, 3.05) is 4.90 Å². The summed E-state index contributed by atoms with van der Waals surface area (Å²) in [6, 6.07) is 68.7. The van der Waals surface area contributed by atoms with Crippen LogP contribution in [0.3, 0.4) is 0 Å². The van der Waals surface area contributed by atoms with Crippen LogP contribution in [0, 0.1) is 0 Å². The molecule has 0 saturated carbocycles. The summed E-state index contributed by atoms with van der Waals surface area (Å²) in [5, 5.41) is 10.2. The summed E-state index contributed by atoms with van der Waals surface area (Å²) in [6.07, 6.45) is 0. The van der Waals surface area contributed by atoms with Gasteiger partial charge in [-0.1, -0.05) is 140 Å². The maximum atomic E-state index is 2.39. The zero-order valence-corrected chi connectivity index (χ0v) is 28.1. The Morgan fingerprint density at radius 1 is 0.300 bits per heavy atom. The molecule has 1 aromatic heterocycles. The number of rotatable bonds is 5. The molecule has 234 valence electrons. The maximum Gasteiger partial charge on any atom is 0.0476 e. The van der Waals surface area contributed by atoms with Gasteiger partial charge in [0.25, 0.3) is 0 Å². The first kappa shape index (κ1) is 28.8. The van der Waals surface area contributed by atoms with Crippen molar-refractivity contribution in [3.63, 3.8) is 0 Å². The Morgan fingerprint density at radius 3 is 1.34 bits per heavy atom. The van der Waals surface area contributed by atoms with Crippen LogP contribution in [-0.2, 0) is 0 Å². The van der Waals surface area contributed by atoms with Gasteiger partial charge in [-0.15, -0.1) is 11.3 Å². The highest BCUT2D eigenvalue weighted by molar-refractivity contribution is 7.25. The largest absolute Gasteiger partial charge is 0.310 e.